The number of nitrogens with one attached hydrogen (secondary N) is 2. The molecule has 166 valence electrons. The lowest BCUT2D eigenvalue weighted by Crippen LogP contribution is -2.35. The monoisotopic (exact) mass is 429 g/mol. The molecule has 5 heteroatoms. The van der Waals surface area contributed by atoms with Gasteiger partial charge < -0.3 is 15.7 Å². The number of rotatable bonds is 7. The number of hydrogen-bond donors (Lipinski definition) is 3. The predicted octanol–water partition coefficient (Wildman–Crippen LogP) is 4.03. The molecule has 0 unspecified atom stereocenters. The van der Waals surface area contributed by atoms with E-state index in [1.165, 1.54) is 5.56 Å². The van der Waals surface area contributed by atoms with Gasteiger partial charge in [-0.2, -0.15) is 0 Å². The maximum atomic E-state index is 12.5. The van der Waals surface area contributed by atoms with Crippen molar-refractivity contribution in [2.75, 3.05) is 0 Å². The second-order valence-corrected chi connectivity index (χ2v) is 8.76. The van der Waals surface area contributed by atoms with E-state index in [9.17, 15) is 9.90 Å². The van der Waals surface area contributed by atoms with E-state index in [1.807, 2.05) is 80.6 Å². The van der Waals surface area contributed by atoms with E-state index in [0.29, 0.717) is 18.2 Å². The molecule has 4 rings (SSSR count). The Kier molecular flexibility index (Phi) is 6.98. The highest BCUT2D eigenvalue weighted by Crippen LogP contribution is 2.26. The van der Waals surface area contributed by atoms with Gasteiger partial charge >= 0.3 is 0 Å². The number of hydrogen-bond acceptors (Lipinski definition) is 4. The van der Waals surface area contributed by atoms with Gasteiger partial charge in [0.15, 0.2) is 0 Å². The Morgan fingerprint density at radius 1 is 1.09 bits per heavy atom. The summed E-state index contributed by atoms with van der Waals surface area (Å²) >= 11 is 0. The number of carbonyl (C=O) groups excluding carboxylic acids is 1. The quantitative estimate of drug-likeness (QED) is 0.530. The zero-order valence-corrected chi connectivity index (χ0v) is 18.7. The highest BCUT2D eigenvalue weighted by molar-refractivity contribution is 5.94. The fourth-order valence-electron chi connectivity index (χ4n) is 4.51. The van der Waals surface area contributed by atoms with Crippen molar-refractivity contribution < 1.29 is 9.90 Å². The Morgan fingerprint density at radius 3 is 2.56 bits per heavy atom. The summed E-state index contributed by atoms with van der Waals surface area (Å²) in [7, 11) is 0. The third-order valence-electron chi connectivity index (χ3n) is 6.08. The van der Waals surface area contributed by atoms with Gasteiger partial charge in [0.25, 0.3) is 5.91 Å². The van der Waals surface area contributed by atoms with E-state index in [1.54, 1.807) is 0 Å². The zero-order valence-electron chi connectivity index (χ0n) is 18.7. The largest absolute Gasteiger partial charge is 0.387 e. The highest BCUT2D eigenvalue weighted by atomic mass is 16.3. The molecule has 3 N–H and O–H groups in total. The molecule has 1 fully saturated rings. The van der Waals surface area contributed by atoms with Crippen molar-refractivity contribution in [2.24, 2.45) is 0 Å². The van der Waals surface area contributed by atoms with Gasteiger partial charge in [0.05, 0.1) is 18.3 Å². The number of aryl methyl sites for hydroxylation is 2. The molecule has 5 nitrogen and oxygen atoms in total. The van der Waals surface area contributed by atoms with Crippen LogP contribution in [0.3, 0.4) is 0 Å². The summed E-state index contributed by atoms with van der Waals surface area (Å²) < 4.78 is 0. The van der Waals surface area contributed by atoms with Crippen molar-refractivity contribution in [3.8, 4) is 0 Å². The standard InChI is InChI=1S/C27H31N3O2/c1-18-14-19(2)29-24(15-18)17-28-27(32)22-10-8-20(9-11-22)16-23-12-13-25(30-23)26(31)21-6-4-3-5-7-21/h3-11,14-15,23,25-26,30-31H,12-13,16-17H2,1-2H3,(H,28,32)/t23-,25+,26+/m0/s1. The summed E-state index contributed by atoms with van der Waals surface area (Å²) in [6.07, 6.45) is 2.37. The third kappa shape index (κ3) is 5.61. The molecular formula is C27H31N3O2. The molecule has 2 heterocycles. The minimum Gasteiger partial charge on any atom is -0.387 e. The number of pyridine rings is 1. The molecule has 0 saturated carbocycles. The van der Waals surface area contributed by atoms with Crippen LogP contribution in [-0.2, 0) is 13.0 Å². The first-order valence-electron chi connectivity index (χ1n) is 11.3. The van der Waals surface area contributed by atoms with Gasteiger partial charge in [-0.1, -0.05) is 42.5 Å². The maximum Gasteiger partial charge on any atom is 0.251 e. The minimum atomic E-state index is -0.487. The van der Waals surface area contributed by atoms with E-state index in [2.05, 4.69) is 15.6 Å². The summed E-state index contributed by atoms with van der Waals surface area (Å²) in [6.45, 7) is 4.41. The first-order valence-corrected chi connectivity index (χ1v) is 11.3. The zero-order chi connectivity index (χ0) is 22.5. The van der Waals surface area contributed by atoms with Gasteiger partial charge in [0, 0.05) is 23.3 Å². The van der Waals surface area contributed by atoms with Gasteiger partial charge in [-0.3, -0.25) is 9.78 Å². The molecule has 0 aliphatic carbocycles. The summed E-state index contributed by atoms with van der Waals surface area (Å²) in [5, 5.41) is 17.2. The van der Waals surface area contributed by atoms with Gasteiger partial charge in [0.1, 0.15) is 0 Å². The highest BCUT2D eigenvalue weighted by Gasteiger charge is 2.29. The summed E-state index contributed by atoms with van der Waals surface area (Å²) in [5.74, 6) is -0.0949. The number of aliphatic hydroxyl groups is 1. The number of nitrogens with zero attached hydrogens (tertiary/aromatic N) is 1. The van der Waals surface area contributed by atoms with Gasteiger partial charge in [-0.05, 0) is 74.1 Å². The van der Waals surface area contributed by atoms with Crippen LogP contribution < -0.4 is 10.6 Å². The SMILES string of the molecule is Cc1cc(C)nc(CNC(=O)c2ccc(C[C@@H]3CC[C@H]([C@H](O)c4ccccc4)N3)cc2)c1. The first-order chi connectivity index (χ1) is 15.5. The molecule has 1 amide bonds. The molecule has 1 aliphatic rings. The number of benzene rings is 2. The Bertz CT molecular complexity index is 1030. The Morgan fingerprint density at radius 2 is 1.84 bits per heavy atom. The number of aromatic nitrogens is 1. The Hall–Kier alpha value is -3.02. The van der Waals surface area contributed by atoms with Gasteiger partial charge in [-0.15, -0.1) is 0 Å². The van der Waals surface area contributed by atoms with Crippen molar-refractivity contribution >= 4 is 5.91 Å². The second kappa shape index (κ2) is 10.1. The van der Waals surface area contributed by atoms with Crippen LogP contribution in [0.4, 0.5) is 0 Å². The molecule has 3 aromatic rings. The molecule has 0 radical (unpaired) electrons. The molecule has 32 heavy (non-hydrogen) atoms. The molecule has 1 aromatic heterocycles. The van der Waals surface area contributed by atoms with Gasteiger partial charge in [-0.25, -0.2) is 0 Å². The molecule has 3 atom stereocenters. The second-order valence-electron chi connectivity index (χ2n) is 8.76. The maximum absolute atomic E-state index is 12.5. The van der Waals surface area contributed by atoms with E-state index in [4.69, 9.17) is 0 Å². The lowest BCUT2D eigenvalue weighted by molar-refractivity contribution is 0.0950. The van der Waals surface area contributed by atoms with E-state index >= 15 is 0 Å². The van der Waals surface area contributed by atoms with Crippen LogP contribution in [0, 0.1) is 13.8 Å². The summed E-state index contributed by atoms with van der Waals surface area (Å²) in [6, 6.07) is 22.0. The minimum absolute atomic E-state index is 0.0753. The lowest BCUT2D eigenvalue weighted by Gasteiger charge is -2.20. The van der Waals surface area contributed by atoms with Crippen molar-refractivity contribution in [3.63, 3.8) is 0 Å². The van der Waals surface area contributed by atoms with Crippen molar-refractivity contribution in [1.29, 1.82) is 0 Å². The summed E-state index contributed by atoms with van der Waals surface area (Å²) in [4.78, 5) is 17.0. The molecule has 1 aliphatic heterocycles. The summed E-state index contributed by atoms with van der Waals surface area (Å²) in [5.41, 5.74) is 5.76. The third-order valence-corrected chi connectivity index (χ3v) is 6.08. The van der Waals surface area contributed by atoms with Crippen LogP contribution in [0.15, 0.2) is 66.7 Å². The van der Waals surface area contributed by atoms with Crippen LogP contribution >= 0.6 is 0 Å². The van der Waals surface area contributed by atoms with Crippen LogP contribution in [0.25, 0.3) is 0 Å². The van der Waals surface area contributed by atoms with E-state index in [-0.39, 0.29) is 11.9 Å². The molecular weight excluding hydrogens is 398 g/mol. The lowest BCUT2D eigenvalue weighted by atomic mass is 10.0. The molecule has 1 saturated heterocycles. The van der Waals surface area contributed by atoms with Crippen molar-refractivity contribution in [1.82, 2.24) is 15.6 Å². The van der Waals surface area contributed by atoms with Crippen LogP contribution in [0.2, 0.25) is 0 Å². The van der Waals surface area contributed by atoms with Crippen molar-refractivity contribution in [3.05, 3.63) is 100 Å². The van der Waals surface area contributed by atoms with Gasteiger partial charge in [0.2, 0.25) is 0 Å². The topological polar surface area (TPSA) is 74.2 Å². The first kappa shape index (κ1) is 22.2. The van der Waals surface area contributed by atoms with E-state index < -0.39 is 6.10 Å². The number of amides is 1. The fourth-order valence-corrected chi connectivity index (χ4v) is 4.51. The number of carbonyl (C=O) groups is 1. The van der Waals surface area contributed by atoms with Crippen LogP contribution in [0.1, 0.15) is 57.4 Å². The van der Waals surface area contributed by atoms with Crippen molar-refractivity contribution in [2.45, 2.75) is 57.8 Å². The molecule has 0 spiro atoms. The number of aliphatic hydroxyl groups excluding tert-OH is 1. The van der Waals surface area contributed by atoms with E-state index in [0.717, 1.165) is 41.8 Å². The molecule has 0 bridgehead atoms. The normalized spacial score (nSPS) is 19.0. The van der Waals surface area contributed by atoms with Crippen LogP contribution in [0.5, 0.6) is 0 Å². The van der Waals surface area contributed by atoms with Crippen LogP contribution in [-0.4, -0.2) is 28.1 Å². The average molecular weight is 430 g/mol. The smallest absolute Gasteiger partial charge is 0.251 e. The fraction of sp³-hybridized carbons (Fsp3) is 0.333. The molecule has 2 aromatic carbocycles. The Balaban J connectivity index is 1.28. The predicted molar refractivity (Wildman–Crippen MR) is 126 cm³/mol. The average Bonchev–Trinajstić information content (AvgIpc) is 3.26. The Labute approximate surface area is 189 Å².